The normalized spacial score (nSPS) is 12.2. The lowest BCUT2D eigenvalue weighted by Crippen LogP contribution is -2.15. The number of benzene rings is 3. The van der Waals surface area contributed by atoms with Crippen molar-refractivity contribution in [3.8, 4) is 21.7 Å². The zero-order valence-electron chi connectivity index (χ0n) is 18.6. The molecule has 0 bridgehead atoms. The van der Waals surface area contributed by atoms with Gasteiger partial charge in [-0.1, -0.05) is 98.3 Å². The molecule has 0 unspecified atom stereocenters. The Morgan fingerprint density at radius 2 is 1.50 bits per heavy atom. The van der Waals surface area contributed by atoms with E-state index in [1.54, 1.807) is 0 Å². The molecule has 0 saturated carbocycles. The molecule has 0 fully saturated rings. The van der Waals surface area contributed by atoms with Gasteiger partial charge >= 0.3 is 0 Å². The summed E-state index contributed by atoms with van der Waals surface area (Å²) in [6.45, 7) is 6.47. The van der Waals surface area contributed by atoms with Crippen LogP contribution in [-0.4, -0.2) is 10.5 Å². The summed E-state index contributed by atoms with van der Waals surface area (Å²) in [6, 6.07) is 25.6. The van der Waals surface area contributed by atoms with Crippen LogP contribution in [-0.2, 0) is 12.5 Å². The molecule has 1 aromatic heterocycles. The second-order valence-corrected chi connectivity index (χ2v) is 10.2. The molecule has 0 N–H and O–H groups in total. The minimum Gasteiger partial charge on any atom is -0.319 e. The van der Waals surface area contributed by atoms with Crippen molar-refractivity contribution in [1.29, 1.82) is 0 Å². The first-order valence-corrected chi connectivity index (χ1v) is 11.6. The maximum absolute atomic E-state index is 13.0. The number of carbonyl (C=O) groups is 1. The van der Waals surface area contributed by atoms with Crippen molar-refractivity contribution in [3.05, 3.63) is 99.8 Å². The van der Waals surface area contributed by atoms with E-state index < -0.39 is 0 Å². The Hall–Kier alpha value is -2.95. The highest BCUT2D eigenvalue weighted by molar-refractivity contribution is 7.13. The van der Waals surface area contributed by atoms with Crippen molar-refractivity contribution in [2.24, 2.45) is 12.0 Å². The van der Waals surface area contributed by atoms with E-state index in [-0.39, 0.29) is 11.3 Å². The van der Waals surface area contributed by atoms with Crippen LogP contribution in [0.5, 0.6) is 0 Å². The average molecular weight is 461 g/mol. The molecule has 0 radical (unpaired) electrons. The first-order valence-electron chi connectivity index (χ1n) is 10.4. The standard InChI is InChI=1S/C27H25ClN2OS/c1-27(2,3)21-14-10-20(11-15-21)25(31)29-26-30(4)23(18-12-16-22(28)17-13-18)24(32-26)19-8-6-5-7-9-19/h5-17H,1-4H3. The quantitative estimate of drug-likeness (QED) is 0.320. The average Bonchev–Trinajstić information content (AvgIpc) is 3.10. The molecule has 4 rings (SSSR count). The van der Waals surface area contributed by atoms with Crippen LogP contribution in [0.1, 0.15) is 36.7 Å². The largest absolute Gasteiger partial charge is 0.319 e. The summed E-state index contributed by atoms with van der Waals surface area (Å²) in [5, 5.41) is 0.687. The first kappa shape index (κ1) is 22.3. The molecule has 0 aliphatic carbocycles. The maximum Gasteiger partial charge on any atom is 0.279 e. The fourth-order valence-electron chi connectivity index (χ4n) is 3.54. The highest BCUT2D eigenvalue weighted by atomic mass is 35.5. The maximum atomic E-state index is 13.0. The van der Waals surface area contributed by atoms with Gasteiger partial charge in [-0.05, 0) is 46.4 Å². The summed E-state index contributed by atoms with van der Waals surface area (Å²) in [6.07, 6.45) is 0. The van der Waals surface area contributed by atoms with Gasteiger partial charge < -0.3 is 4.57 Å². The molecular weight excluding hydrogens is 436 g/mol. The van der Waals surface area contributed by atoms with Crippen molar-refractivity contribution in [3.63, 3.8) is 0 Å². The van der Waals surface area contributed by atoms with Gasteiger partial charge in [-0.15, -0.1) is 0 Å². The van der Waals surface area contributed by atoms with Gasteiger partial charge in [-0.3, -0.25) is 4.79 Å². The fraction of sp³-hybridized carbons (Fsp3) is 0.185. The number of carbonyl (C=O) groups excluding carboxylic acids is 1. The van der Waals surface area contributed by atoms with Gasteiger partial charge in [-0.25, -0.2) is 0 Å². The van der Waals surface area contributed by atoms with E-state index in [1.165, 1.54) is 16.9 Å². The molecule has 0 aliphatic heterocycles. The van der Waals surface area contributed by atoms with Crippen molar-refractivity contribution < 1.29 is 4.79 Å². The Balaban J connectivity index is 1.82. The summed E-state index contributed by atoms with van der Waals surface area (Å²) in [4.78, 5) is 19.2. The zero-order valence-corrected chi connectivity index (χ0v) is 20.2. The molecule has 32 heavy (non-hydrogen) atoms. The molecule has 1 amide bonds. The Kier molecular flexibility index (Phi) is 6.18. The van der Waals surface area contributed by atoms with Crippen LogP contribution in [0.3, 0.4) is 0 Å². The fourth-order valence-corrected chi connectivity index (χ4v) is 4.81. The molecule has 3 aromatic carbocycles. The van der Waals surface area contributed by atoms with Crippen molar-refractivity contribution in [2.75, 3.05) is 0 Å². The van der Waals surface area contributed by atoms with E-state index in [0.29, 0.717) is 15.4 Å². The predicted molar refractivity (Wildman–Crippen MR) is 134 cm³/mol. The summed E-state index contributed by atoms with van der Waals surface area (Å²) in [5.41, 5.74) is 4.92. The lowest BCUT2D eigenvalue weighted by atomic mass is 9.87. The Morgan fingerprint density at radius 3 is 2.09 bits per heavy atom. The lowest BCUT2D eigenvalue weighted by Gasteiger charge is -2.18. The Labute approximate surface area is 197 Å². The number of thiazole rings is 1. The van der Waals surface area contributed by atoms with E-state index in [4.69, 9.17) is 11.6 Å². The smallest absolute Gasteiger partial charge is 0.279 e. The molecule has 0 saturated heterocycles. The second-order valence-electron chi connectivity index (χ2n) is 8.74. The topological polar surface area (TPSA) is 34.4 Å². The van der Waals surface area contributed by atoms with Crippen LogP contribution < -0.4 is 4.80 Å². The predicted octanol–water partition coefficient (Wildman–Crippen LogP) is 7.11. The third kappa shape index (κ3) is 4.62. The zero-order chi connectivity index (χ0) is 22.9. The molecule has 162 valence electrons. The van der Waals surface area contributed by atoms with Gasteiger partial charge in [0.25, 0.3) is 5.91 Å². The summed E-state index contributed by atoms with van der Waals surface area (Å²) in [5.74, 6) is -0.246. The number of nitrogens with zero attached hydrogens (tertiary/aromatic N) is 2. The number of hydrogen-bond donors (Lipinski definition) is 0. The molecule has 0 atom stereocenters. The summed E-state index contributed by atoms with van der Waals surface area (Å²) >= 11 is 7.62. The van der Waals surface area contributed by atoms with E-state index in [1.807, 2.05) is 78.3 Å². The van der Waals surface area contributed by atoms with Crippen LogP contribution in [0.2, 0.25) is 5.02 Å². The summed E-state index contributed by atoms with van der Waals surface area (Å²) < 4.78 is 1.98. The molecule has 0 spiro atoms. The Bertz CT molecular complexity index is 1310. The van der Waals surface area contributed by atoms with Gasteiger partial charge in [0.1, 0.15) is 0 Å². The monoisotopic (exact) mass is 460 g/mol. The number of amides is 1. The van der Waals surface area contributed by atoms with Crippen LogP contribution >= 0.6 is 22.9 Å². The van der Waals surface area contributed by atoms with Crippen molar-refractivity contribution in [2.45, 2.75) is 26.2 Å². The molecule has 3 nitrogen and oxygen atoms in total. The van der Waals surface area contributed by atoms with Gasteiger partial charge in [0.05, 0.1) is 10.6 Å². The number of halogens is 1. The first-order chi connectivity index (χ1) is 15.2. The Morgan fingerprint density at radius 1 is 0.875 bits per heavy atom. The highest BCUT2D eigenvalue weighted by Crippen LogP contribution is 2.34. The van der Waals surface area contributed by atoms with E-state index >= 15 is 0 Å². The minimum absolute atomic E-state index is 0.0387. The van der Waals surface area contributed by atoms with E-state index in [2.05, 4.69) is 37.9 Å². The van der Waals surface area contributed by atoms with Crippen LogP contribution in [0.4, 0.5) is 0 Å². The lowest BCUT2D eigenvalue weighted by molar-refractivity contribution is 0.0998. The van der Waals surface area contributed by atoms with E-state index in [9.17, 15) is 4.79 Å². The SMILES string of the molecule is Cn1c(-c2ccc(Cl)cc2)c(-c2ccccc2)sc1=NC(=O)c1ccc(C(C)(C)C)cc1. The third-order valence-corrected chi connectivity index (χ3v) is 6.81. The number of rotatable bonds is 3. The van der Waals surface area contributed by atoms with E-state index in [0.717, 1.165) is 21.7 Å². The minimum atomic E-state index is -0.246. The van der Waals surface area contributed by atoms with Crippen LogP contribution in [0.15, 0.2) is 83.9 Å². The van der Waals surface area contributed by atoms with Gasteiger partial charge in [0.15, 0.2) is 4.80 Å². The van der Waals surface area contributed by atoms with Gasteiger partial charge in [0.2, 0.25) is 0 Å². The van der Waals surface area contributed by atoms with Crippen LogP contribution in [0.25, 0.3) is 21.7 Å². The van der Waals surface area contributed by atoms with Gasteiger partial charge in [-0.2, -0.15) is 4.99 Å². The van der Waals surface area contributed by atoms with Gasteiger partial charge in [0, 0.05) is 17.6 Å². The van der Waals surface area contributed by atoms with Crippen LogP contribution in [0, 0.1) is 0 Å². The third-order valence-electron chi connectivity index (χ3n) is 5.38. The summed E-state index contributed by atoms with van der Waals surface area (Å²) in [7, 11) is 1.95. The van der Waals surface area contributed by atoms with Crippen molar-refractivity contribution >= 4 is 28.8 Å². The second kappa shape index (κ2) is 8.89. The molecule has 4 aromatic rings. The number of aromatic nitrogens is 1. The molecule has 5 heteroatoms. The molecular formula is C27H25ClN2OS. The molecule has 0 aliphatic rings. The van der Waals surface area contributed by atoms with Crippen molar-refractivity contribution in [1.82, 2.24) is 4.57 Å². The number of hydrogen-bond acceptors (Lipinski definition) is 2. The molecule has 1 heterocycles. The highest BCUT2D eigenvalue weighted by Gasteiger charge is 2.17.